The van der Waals surface area contributed by atoms with E-state index in [-0.39, 0.29) is 5.92 Å². The average molecular weight is 151 g/mol. The van der Waals surface area contributed by atoms with Crippen LogP contribution in [0, 0.1) is 5.92 Å². The molecule has 0 aromatic carbocycles. The Balaban J connectivity index is 2.15. The van der Waals surface area contributed by atoms with E-state index in [2.05, 4.69) is 4.98 Å². The zero-order chi connectivity index (χ0) is 7.68. The first-order chi connectivity index (χ1) is 5.38. The Morgan fingerprint density at radius 1 is 1.45 bits per heavy atom. The molecular weight excluding hydrogens is 141 g/mol. The largest absolute Gasteiger partial charge is 0.258 e. The van der Waals surface area contributed by atoms with E-state index in [1.807, 2.05) is 12.1 Å². The van der Waals surface area contributed by atoms with E-state index in [1.165, 1.54) is 0 Å². The summed E-state index contributed by atoms with van der Waals surface area (Å²) in [5, 5.41) is 0. The molecule has 1 aromatic heterocycles. The van der Waals surface area contributed by atoms with Gasteiger partial charge in [-0.1, -0.05) is 6.07 Å². The topological polar surface area (TPSA) is 12.9 Å². The monoisotopic (exact) mass is 151 g/mol. The van der Waals surface area contributed by atoms with Crippen LogP contribution in [0.5, 0.6) is 0 Å². The molecule has 11 heavy (non-hydrogen) atoms. The molecule has 1 atom stereocenters. The highest BCUT2D eigenvalue weighted by molar-refractivity contribution is 5.09. The summed E-state index contributed by atoms with van der Waals surface area (Å²) in [4.78, 5) is 3.96. The maximum absolute atomic E-state index is 13.3. The molecule has 1 fully saturated rings. The van der Waals surface area contributed by atoms with E-state index < -0.39 is 6.17 Å². The fourth-order valence-electron chi connectivity index (χ4n) is 1.17. The first-order valence-corrected chi connectivity index (χ1v) is 3.93. The van der Waals surface area contributed by atoms with Crippen molar-refractivity contribution in [3.63, 3.8) is 0 Å². The van der Waals surface area contributed by atoms with Gasteiger partial charge in [0, 0.05) is 6.20 Å². The van der Waals surface area contributed by atoms with Crippen molar-refractivity contribution >= 4 is 0 Å². The van der Waals surface area contributed by atoms with Crippen molar-refractivity contribution in [1.29, 1.82) is 0 Å². The fraction of sp³-hybridized carbons (Fsp3) is 0.444. The molecule has 1 nitrogen and oxygen atoms in total. The summed E-state index contributed by atoms with van der Waals surface area (Å²) >= 11 is 0. The van der Waals surface area contributed by atoms with Gasteiger partial charge < -0.3 is 0 Å². The average Bonchev–Trinajstić information content (AvgIpc) is 2.87. The number of pyridine rings is 1. The molecule has 1 unspecified atom stereocenters. The maximum Gasteiger partial charge on any atom is 0.145 e. The van der Waals surface area contributed by atoms with Gasteiger partial charge in [0.15, 0.2) is 0 Å². The summed E-state index contributed by atoms with van der Waals surface area (Å²) in [6.45, 7) is 0. The van der Waals surface area contributed by atoms with E-state index in [9.17, 15) is 4.39 Å². The van der Waals surface area contributed by atoms with Gasteiger partial charge in [-0.3, -0.25) is 4.98 Å². The lowest BCUT2D eigenvalue weighted by Gasteiger charge is -2.03. The van der Waals surface area contributed by atoms with Crippen LogP contribution in [0.15, 0.2) is 24.4 Å². The molecule has 1 heterocycles. The lowest BCUT2D eigenvalue weighted by molar-refractivity contribution is 0.298. The fourth-order valence-corrected chi connectivity index (χ4v) is 1.17. The Kier molecular flexibility index (Phi) is 1.60. The Labute approximate surface area is 65.3 Å². The lowest BCUT2D eigenvalue weighted by atomic mass is 10.2. The molecule has 1 aromatic rings. The summed E-state index contributed by atoms with van der Waals surface area (Å²) in [5.41, 5.74) is 0.593. The van der Waals surface area contributed by atoms with Gasteiger partial charge in [-0.15, -0.1) is 0 Å². The molecule has 1 aliphatic carbocycles. The molecule has 2 rings (SSSR count). The van der Waals surface area contributed by atoms with Gasteiger partial charge in [0.2, 0.25) is 0 Å². The summed E-state index contributed by atoms with van der Waals surface area (Å²) < 4.78 is 13.3. The Bertz CT molecular complexity index is 231. The Hall–Kier alpha value is -0.920. The highest BCUT2D eigenvalue weighted by Gasteiger charge is 2.32. The van der Waals surface area contributed by atoms with Crippen molar-refractivity contribution in [2.45, 2.75) is 19.0 Å². The number of aromatic nitrogens is 1. The molecule has 0 saturated heterocycles. The van der Waals surface area contributed by atoms with Crippen molar-refractivity contribution in [1.82, 2.24) is 4.98 Å². The second-order valence-corrected chi connectivity index (χ2v) is 2.99. The molecule has 1 aliphatic rings. The van der Waals surface area contributed by atoms with Gasteiger partial charge in [0.05, 0.1) is 5.69 Å². The summed E-state index contributed by atoms with van der Waals surface area (Å²) in [5.74, 6) is 0.255. The second kappa shape index (κ2) is 2.61. The van der Waals surface area contributed by atoms with Gasteiger partial charge in [0.25, 0.3) is 0 Å². The van der Waals surface area contributed by atoms with E-state index in [4.69, 9.17) is 0 Å². The highest BCUT2D eigenvalue weighted by Crippen LogP contribution is 2.42. The molecule has 0 N–H and O–H groups in total. The smallest absolute Gasteiger partial charge is 0.145 e. The van der Waals surface area contributed by atoms with Crippen molar-refractivity contribution in [2.75, 3.05) is 0 Å². The van der Waals surface area contributed by atoms with E-state index in [1.54, 1.807) is 12.3 Å². The van der Waals surface area contributed by atoms with Crippen LogP contribution in [-0.2, 0) is 0 Å². The molecule has 0 amide bonds. The number of hydrogen-bond acceptors (Lipinski definition) is 1. The third kappa shape index (κ3) is 1.39. The molecule has 1 saturated carbocycles. The SMILES string of the molecule is FC(c1ccccn1)C1CC1. The zero-order valence-electron chi connectivity index (χ0n) is 6.20. The van der Waals surface area contributed by atoms with Crippen molar-refractivity contribution in [3.05, 3.63) is 30.1 Å². The second-order valence-electron chi connectivity index (χ2n) is 2.99. The van der Waals surface area contributed by atoms with Gasteiger partial charge in [-0.2, -0.15) is 0 Å². The van der Waals surface area contributed by atoms with Crippen LogP contribution in [0.2, 0.25) is 0 Å². The Morgan fingerprint density at radius 3 is 2.82 bits per heavy atom. The van der Waals surface area contributed by atoms with Crippen LogP contribution in [0.4, 0.5) is 4.39 Å². The minimum Gasteiger partial charge on any atom is -0.258 e. The molecular formula is C9H10FN. The molecule has 2 heteroatoms. The van der Waals surface area contributed by atoms with Gasteiger partial charge in [-0.25, -0.2) is 4.39 Å². The summed E-state index contributed by atoms with van der Waals surface area (Å²) in [7, 11) is 0. The molecule has 0 spiro atoms. The number of alkyl halides is 1. The number of halogens is 1. The zero-order valence-corrected chi connectivity index (χ0v) is 6.20. The van der Waals surface area contributed by atoms with Gasteiger partial charge in [0.1, 0.15) is 6.17 Å². The third-order valence-electron chi connectivity index (χ3n) is 2.01. The van der Waals surface area contributed by atoms with Crippen LogP contribution >= 0.6 is 0 Å². The summed E-state index contributed by atoms with van der Waals surface area (Å²) in [6, 6.07) is 5.39. The lowest BCUT2D eigenvalue weighted by Crippen LogP contribution is -1.95. The van der Waals surface area contributed by atoms with E-state index >= 15 is 0 Å². The van der Waals surface area contributed by atoms with Gasteiger partial charge in [-0.05, 0) is 30.9 Å². The highest BCUT2D eigenvalue weighted by atomic mass is 19.1. The molecule has 0 bridgehead atoms. The quantitative estimate of drug-likeness (QED) is 0.632. The molecule has 0 radical (unpaired) electrons. The van der Waals surface area contributed by atoms with Crippen molar-refractivity contribution in [2.24, 2.45) is 5.92 Å². The van der Waals surface area contributed by atoms with Crippen LogP contribution in [0.1, 0.15) is 24.7 Å². The maximum atomic E-state index is 13.3. The van der Waals surface area contributed by atoms with Gasteiger partial charge >= 0.3 is 0 Å². The summed E-state index contributed by atoms with van der Waals surface area (Å²) in [6.07, 6.45) is 2.87. The molecule has 0 aliphatic heterocycles. The molecule has 58 valence electrons. The van der Waals surface area contributed by atoms with Crippen molar-refractivity contribution in [3.8, 4) is 0 Å². The Morgan fingerprint density at radius 2 is 2.27 bits per heavy atom. The van der Waals surface area contributed by atoms with Crippen LogP contribution in [0.3, 0.4) is 0 Å². The third-order valence-corrected chi connectivity index (χ3v) is 2.01. The predicted molar refractivity (Wildman–Crippen MR) is 40.8 cm³/mol. The predicted octanol–water partition coefficient (Wildman–Crippen LogP) is 2.50. The number of rotatable bonds is 2. The first-order valence-electron chi connectivity index (χ1n) is 3.93. The minimum atomic E-state index is -0.823. The van der Waals surface area contributed by atoms with E-state index in [0.717, 1.165) is 12.8 Å². The van der Waals surface area contributed by atoms with Crippen LogP contribution in [0.25, 0.3) is 0 Å². The van der Waals surface area contributed by atoms with Crippen LogP contribution in [-0.4, -0.2) is 4.98 Å². The number of hydrogen-bond donors (Lipinski definition) is 0. The van der Waals surface area contributed by atoms with Crippen LogP contribution < -0.4 is 0 Å². The van der Waals surface area contributed by atoms with Crippen molar-refractivity contribution < 1.29 is 4.39 Å². The normalized spacial score (nSPS) is 19.7. The minimum absolute atomic E-state index is 0.255. The number of nitrogens with zero attached hydrogens (tertiary/aromatic N) is 1. The standard InChI is InChI=1S/C9H10FN/c10-9(7-4-5-7)8-3-1-2-6-11-8/h1-3,6-7,9H,4-5H2. The van der Waals surface area contributed by atoms with E-state index in [0.29, 0.717) is 5.69 Å². The first kappa shape index (κ1) is 6.77.